The number of carboxylic acid groups (broad SMARTS) is 1. The van der Waals surface area contributed by atoms with Crippen LogP contribution in [0.4, 0.5) is 0 Å². The number of carboxylic acids is 1. The molecule has 0 aliphatic carbocycles. The van der Waals surface area contributed by atoms with Crippen LogP contribution in [0.2, 0.25) is 0 Å². The van der Waals surface area contributed by atoms with E-state index >= 15 is 0 Å². The average Bonchev–Trinajstić information content (AvgIpc) is 2.64. The van der Waals surface area contributed by atoms with Gasteiger partial charge in [-0.15, -0.1) is 0 Å². The number of para-hydroxylation sites is 1. The van der Waals surface area contributed by atoms with E-state index < -0.39 is 5.97 Å². The van der Waals surface area contributed by atoms with Crippen molar-refractivity contribution in [1.82, 2.24) is 9.55 Å². The molecule has 2 rings (SSSR count). The second-order valence-electron chi connectivity index (χ2n) is 3.69. The first kappa shape index (κ1) is 11.2. The number of carbonyl (C=O) groups is 1. The van der Waals surface area contributed by atoms with Crippen molar-refractivity contribution in [2.75, 3.05) is 0 Å². The molecule has 1 heterocycles. The predicted octanol–water partition coefficient (Wildman–Crippen LogP) is 2.22. The highest BCUT2D eigenvalue weighted by Crippen LogP contribution is 2.23. The summed E-state index contributed by atoms with van der Waals surface area (Å²) in [6, 6.07) is 7.74. The Hall–Kier alpha value is -2.30. The smallest absolute Gasteiger partial charge is 0.356 e. The van der Waals surface area contributed by atoms with Gasteiger partial charge in [-0.1, -0.05) is 18.2 Å². The first-order chi connectivity index (χ1) is 8.08. The van der Waals surface area contributed by atoms with Crippen molar-refractivity contribution >= 4 is 5.97 Å². The van der Waals surface area contributed by atoms with Crippen LogP contribution in [-0.4, -0.2) is 20.6 Å². The van der Waals surface area contributed by atoms with E-state index in [2.05, 4.69) is 4.98 Å². The first-order valence-corrected chi connectivity index (χ1v) is 5.08. The van der Waals surface area contributed by atoms with Crippen LogP contribution in [0.15, 0.2) is 30.5 Å². The van der Waals surface area contributed by atoms with Gasteiger partial charge in [0, 0.05) is 13.2 Å². The van der Waals surface area contributed by atoms with Crippen molar-refractivity contribution in [3.63, 3.8) is 0 Å². The molecule has 1 N–H and O–H groups in total. The third kappa shape index (κ3) is 2.28. The average molecular weight is 232 g/mol. The Morgan fingerprint density at radius 1 is 1.41 bits per heavy atom. The maximum atomic E-state index is 10.8. The summed E-state index contributed by atoms with van der Waals surface area (Å²) < 4.78 is 7.10. The highest BCUT2D eigenvalue weighted by molar-refractivity contribution is 5.85. The van der Waals surface area contributed by atoms with Crippen LogP contribution in [0.25, 0.3) is 0 Å². The van der Waals surface area contributed by atoms with Gasteiger partial charge in [0.05, 0.1) is 0 Å². The quantitative estimate of drug-likeness (QED) is 0.881. The molecule has 5 heteroatoms. The molecule has 0 aliphatic rings. The van der Waals surface area contributed by atoms with Gasteiger partial charge in [-0.05, 0) is 18.6 Å². The molecule has 0 unspecified atom stereocenters. The van der Waals surface area contributed by atoms with Crippen molar-refractivity contribution in [2.45, 2.75) is 6.92 Å². The lowest BCUT2D eigenvalue weighted by atomic mass is 10.2. The van der Waals surface area contributed by atoms with E-state index in [1.54, 1.807) is 7.05 Å². The van der Waals surface area contributed by atoms with E-state index in [1.807, 2.05) is 31.2 Å². The minimum absolute atomic E-state index is 0.0314. The van der Waals surface area contributed by atoms with Gasteiger partial charge in [0.25, 0.3) is 0 Å². The fourth-order valence-corrected chi connectivity index (χ4v) is 1.42. The molecule has 0 saturated carbocycles. The van der Waals surface area contributed by atoms with Crippen LogP contribution in [0.5, 0.6) is 11.8 Å². The lowest BCUT2D eigenvalue weighted by Crippen LogP contribution is -1.96. The number of hydrogen-bond acceptors (Lipinski definition) is 3. The van der Waals surface area contributed by atoms with E-state index in [9.17, 15) is 4.79 Å². The largest absolute Gasteiger partial charge is 0.476 e. The number of benzene rings is 1. The molecule has 0 bridgehead atoms. The van der Waals surface area contributed by atoms with E-state index in [1.165, 1.54) is 10.8 Å². The van der Waals surface area contributed by atoms with Gasteiger partial charge in [-0.3, -0.25) is 0 Å². The van der Waals surface area contributed by atoms with Gasteiger partial charge in [-0.25, -0.2) is 4.79 Å². The summed E-state index contributed by atoms with van der Waals surface area (Å²) in [6.45, 7) is 1.91. The third-order valence-electron chi connectivity index (χ3n) is 2.35. The van der Waals surface area contributed by atoms with Gasteiger partial charge in [-0.2, -0.15) is 4.98 Å². The molecule has 5 nitrogen and oxygen atoms in total. The number of nitrogens with zero attached hydrogens (tertiary/aromatic N) is 2. The second-order valence-corrected chi connectivity index (χ2v) is 3.69. The maximum absolute atomic E-state index is 10.8. The van der Waals surface area contributed by atoms with Gasteiger partial charge in [0.15, 0.2) is 5.69 Å². The van der Waals surface area contributed by atoms with E-state index in [0.29, 0.717) is 5.75 Å². The van der Waals surface area contributed by atoms with Gasteiger partial charge in [0.1, 0.15) is 5.75 Å². The van der Waals surface area contributed by atoms with Crippen molar-refractivity contribution in [1.29, 1.82) is 0 Å². The summed E-state index contributed by atoms with van der Waals surface area (Å²) in [5.74, 6) is -0.404. The predicted molar refractivity (Wildman–Crippen MR) is 61.4 cm³/mol. The van der Waals surface area contributed by atoms with E-state index in [4.69, 9.17) is 9.84 Å². The second kappa shape index (κ2) is 4.29. The summed E-state index contributed by atoms with van der Waals surface area (Å²) in [6.07, 6.45) is 1.41. The van der Waals surface area contributed by atoms with Crippen molar-refractivity contribution in [3.05, 3.63) is 41.7 Å². The summed E-state index contributed by atoms with van der Waals surface area (Å²) in [5, 5.41) is 8.81. The monoisotopic (exact) mass is 232 g/mol. The molecule has 1 aromatic heterocycles. The third-order valence-corrected chi connectivity index (χ3v) is 2.35. The Bertz CT molecular complexity index is 561. The Kier molecular flexibility index (Phi) is 2.82. The SMILES string of the molecule is Cc1ccccc1Oc1nc(C(=O)O)cn1C. The lowest BCUT2D eigenvalue weighted by Gasteiger charge is -2.06. The summed E-state index contributed by atoms with van der Waals surface area (Å²) in [5.41, 5.74) is 0.934. The lowest BCUT2D eigenvalue weighted by molar-refractivity contribution is 0.0690. The highest BCUT2D eigenvalue weighted by atomic mass is 16.5. The Morgan fingerprint density at radius 3 is 2.71 bits per heavy atom. The number of rotatable bonds is 3. The van der Waals surface area contributed by atoms with Crippen LogP contribution in [0.1, 0.15) is 16.1 Å². The number of aryl methyl sites for hydroxylation is 2. The summed E-state index contributed by atoms with van der Waals surface area (Å²) >= 11 is 0. The Labute approximate surface area is 98.3 Å². The zero-order chi connectivity index (χ0) is 12.4. The molecule has 0 radical (unpaired) electrons. The molecule has 0 atom stereocenters. The summed E-state index contributed by atoms with van der Waals surface area (Å²) in [7, 11) is 1.69. The normalized spacial score (nSPS) is 10.2. The van der Waals surface area contributed by atoms with Crippen LogP contribution < -0.4 is 4.74 Å². The topological polar surface area (TPSA) is 64.3 Å². The molecule has 88 valence electrons. The van der Waals surface area contributed by atoms with Crippen molar-refractivity contribution < 1.29 is 14.6 Å². The Balaban J connectivity index is 2.30. The molecular weight excluding hydrogens is 220 g/mol. The van der Waals surface area contributed by atoms with Gasteiger partial charge >= 0.3 is 12.0 Å². The minimum atomic E-state index is -1.07. The standard InChI is InChI=1S/C12H12N2O3/c1-8-5-3-4-6-10(8)17-12-13-9(11(15)16)7-14(12)2/h3-7H,1-2H3,(H,15,16). The van der Waals surface area contributed by atoms with Gasteiger partial charge in [0.2, 0.25) is 0 Å². The molecule has 0 fully saturated rings. The summed E-state index contributed by atoms with van der Waals surface area (Å²) in [4.78, 5) is 14.6. The zero-order valence-electron chi connectivity index (χ0n) is 9.54. The van der Waals surface area contributed by atoms with E-state index in [0.717, 1.165) is 5.56 Å². The van der Waals surface area contributed by atoms with Crippen LogP contribution in [0.3, 0.4) is 0 Å². The fourth-order valence-electron chi connectivity index (χ4n) is 1.42. The minimum Gasteiger partial charge on any atom is -0.476 e. The highest BCUT2D eigenvalue weighted by Gasteiger charge is 2.13. The Morgan fingerprint density at radius 2 is 2.12 bits per heavy atom. The van der Waals surface area contributed by atoms with Crippen LogP contribution >= 0.6 is 0 Å². The molecule has 17 heavy (non-hydrogen) atoms. The molecule has 0 aliphatic heterocycles. The van der Waals surface area contributed by atoms with Crippen LogP contribution in [0, 0.1) is 6.92 Å². The number of hydrogen-bond donors (Lipinski definition) is 1. The molecular formula is C12H12N2O3. The number of imidazole rings is 1. The van der Waals surface area contributed by atoms with Crippen molar-refractivity contribution in [3.8, 4) is 11.8 Å². The zero-order valence-corrected chi connectivity index (χ0v) is 9.54. The maximum Gasteiger partial charge on any atom is 0.356 e. The fraction of sp³-hybridized carbons (Fsp3) is 0.167. The van der Waals surface area contributed by atoms with Crippen molar-refractivity contribution in [2.24, 2.45) is 7.05 Å². The molecule has 0 spiro atoms. The van der Waals surface area contributed by atoms with Crippen LogP contribution in [-0.2, 0) is 7.05 Å². The van der Waals surface area contributed by atoms with E-state index in [-0.39, 0.29) is 11.7 Å². The number of aromatic carboxylic acids is 1. The molecule has 0 saturated heterocycles. The number of ether oxygens (including phenoxy) is 1. The first-order valence-electron chi connectivity index (χ1n) is 5.08. The van der Waals surface area contributed by atoms with Gasteiger partial charge < -0.3 is 14.4 Å². The molecule has 1 aromatic carbocycles. The molecule has 0 amide bonds. The molecule has 2 aromatic rings. The number of aromatic nitrogens is 2.